The molecule has 0 saturated carbocycles. The highest BCUT2D eigenvalue weighted by atomic mass is 19.4. The quantitative estimate of drug-likeness (QED) is 0.723. The van der Waals surface area contributed by atoms with E-state index in [0.29, 0.717) is 6.54 Å². The molecule has 0 unspecified atom stereocenters. The molecule has 1 saturated heterocycles. The number of hydrogen-bond acceptors (Lipinski definition) is 3. The first-order valence-electron chi connectivity index (χ1n) is 9.31. The largest absolute Gasteiger partial charge is 0.497 e. The van der Waals surface area contributed by atoms with Crippen LogP contribution in [0.1, 0.15) is 59.0 Å². The van der Waals surface area contributed by atoms with Crippen LogP contribution in [-0.4, -0.2) is 29.4 Å². The average Bonchev–Trinajstić information content (AvgIpc) is 2.93. The van der Waals surface area contributed by atoms with E-state index in [9.17, 15) is 18.0 Å². The molecule has 0 radical (unpaired) electrons. The van der Waals surface area contributed by atoms with Crippen molar-refractivity contribution in [3.8, 4) is 5.75 Å². The number of halogens is 3. The first-order chi connectivity index (χ1) is 13.3. The van der Waals surface area contributed by atoms with Crippen molar-refractivity contribution < 1.29 is 22.7 Å². The molecule has 1 aliphatic heterocycles. The number of carbonyl (C=O) groups excluding carboxylic acids is 1. The van der Waals surface area contributed by atoms with Crippen molar-refractivity contribution in [2.75, 3.05) is 13.7 Å². The van der Waals surface area contributed by atoms with E-state index in [1.54, 1.807) is 12.0 Å². The highest BCUT2D eigenvalue weighted by Crippen LogP contribution is 2.33. The lowest BCUT2D eigenvalue weighted by Gasteiger charge is -2.31. The highest BCUT2D eigenvalue weighted by Gasteiger charge is 2.34. The normalized spacial score (nSPS) is 17.9. The lowest BCUT2D eigenvalue weighted by Crippen LogP contribution is -2.35. The van der Waals surface area contributed by atoms with Gasteiger partial charge >= 0.3 is 6.18 Å². The summed E-state index contributed by atoms with van der Waals surface area (Å²) in [5, 5.41) is 0. The minimum Gasteiger partial charge on any atom is -0.497 e. The van der Waals surface area contributed by atoms with Crippen molar-refractivity contribution in [3.63, 3.8) is 0 Å². The first-order valence-corrected chi connectivity index (χ1v) is 9.31. The summed E-state index contributed by atoms with van der Waals surface area (Å²) in [7, 11) is 1.59. The Labute approximate surface area is 162 Å². The SMILES string of the molecule is COc1ccc([C@@H]2CCCCCN2C(=O)c2ccc(C(F)(F)F)nc2C)cc1. The summed E-state index contributed by atoms with van der Waals surface area (Å²) >= 11 is 0. The molecule has 1 aliphatic rings. The molecule has 0 N–H and O–H groups in total. The second-order valence-electron chi connectivity index (χ2n) is 6.96. The molecule has 150 valence electrons. The van der Waals surface area contributed by atoms with Gasteiger partial charge in [-0.25, -0.2) is 4.98 Å². The fourth-order valence-electron chi connectivity index (χ4n) is 3.62. The Morgan fingerprint density at radius 1 is 1.11 bits per heavy atom. The summed E-state index contributed by atoms with van der Waals surface area (Å²) in [5.74, 6) is 0.458. The Balaban J connectivity index is 1.92. The van der Waals surface area contributed by atoms with Crippen LogP contribution in [-0.2, 0) is 6.18 Å². The van der Waals surface area contributed by atoms with E-state index in [-0.39, 0.29) is 23.2 Å². The van der Waals surface area contributed by atoms with Crippen molar-refractivity contribution in [1.82, 2.24) is 9.88 Å². The third-order valence-corrected chi connectivity index (χ3v) is 5.12. The summed E-state index contributed by atoms with van der Waals surface area (Å²) < 4.78 is 43.9. The third kappa shape index (κ3) is 4.29. The van der Waals surface area contributed by atoms with Gasteiger partial charge in [0.25, 0.3) is 5.91 Å². The standard InChI is InChI=1S/C21H23F3N2O2/c1-14-17(11-12-19(25-14)21(22,23)24)20(27)26-13-5-3-4-6-18(26)15-7-9-16(28-2)10-8-15/h7-12,18H,3-6,13H2,1-2H3/t18-/m0/s1. The summed E-state index contributed by atoms with van der Waals surface area (Å²) in [6.45, 7) is 2.01. The van der Waals surface area contributed by atoms with Crippen LogP contribution in [0.3, 0.4) is 0 Å². The van der Waals surface area contributed by atoms with E-state index in [4.69, 9.17) is 4.74 Å². The zero-order valence-corrected chi connectivity index (χ0v) is 15.9. The Hall–Kier alpha value is -2.57. The smallest absolute Gasteiger partial charge is 0.433 e. The predicted molar refractivity (Wildman–Crippen MR) is 99.2 cm³/mol. The number of rotatable bonds is 3. The summed E-state index contributed by atoms with van der Waals surface area (Å²) in [5.41, 5.74) is 0.323. The van der Waals surface area contributed by atoms with Gasteiger partial charge in [0.05, 0.1) is 24.4 Å². The van der Waals surface area contributed by atoms with Gasteiger partial charge in [0.15, 0.2) is 0 Å². The molecule has 0 spiro atoms. The number of aromatic nitrogens is 1. The van der Waals surface area contributed by atoms with Gasteiger partial charge in [-0.15, -0.1) is 0 Å². The maximum Gasteiger partial charge on any atom is 0.433 e. The molecule has 1 fully saturated rings. The van der Waals surface area contributed by atoms with E-state index in [2.05, 4.69) is 4.98 Å². The van der Waals surface area contributed by atoms with Crippen molar-refractivity contribution in [2.45, 2.75) is 44.8 Å². The molecular formula is C21H23F3N2O2. The fraction of sp³-hybridized carbons (Fsp3) is 0.429. The lowest BCUT2D eigenvalue weighted by molar-refractivity contribution is -0.141. The first kappa shape index (κ1) is 20.2. The van der Waals surface area contributed by atoms with E-state index in [1.165, 1.54) is 13.0 Å². The Bertz CT molecular complexity index is 835. The molecule has 1 atom stereocenters. The minimum absolute atomic E-state index is 0.0950. The lowest BCUT2D eigenvalue weighted by atomic mass is 9.99. The van der Waals surface area contributed by atoms with E-state index < -0.39 is 11.9 Å². The zero-order valence-electron chi connectivity index (χ0n) is 15.9. The van der Waals surface area contributed by atoms with E-state index in [0.717, 1.165) is 43.1 Å². The van der Waals surface area contributed by atoms with Crippen LogP contribution < -0.4 is 4.74 Å². The van der Waals surface area contributed by atoms with Crippen LogP contribution >= 0.6 is 0 Å². The number of nitrogens with zero attached hydrogens (tertiary/aromatic N) is 2. The molecule has 28 heavy (non-hydrogen) atoms. The molecule has 3 rings (SSSR count). The van der Waals surface area contributed by atoms with Crippen LogP contribution in [0.2, 0.25) is 0 Å². The number of alkyl halides is 3. The van der Waals surface area contributed by atoms with Gasteiger partial charge in [0, 0.05) is 6.54 Å². The number of carbonyl (C=O) groups is 1. The Morgan fingerprint density at radius 3 is 2.43 bits per heavy atom. The van der Waals surface area contributed by atoms with Gasteiger partial charge in [0.1, 0.15) is 11.4 Å². The van der Waals surface area contributed by atoms with Crippen LogP contribution in [0.4, 0.5) is 13.2 Å². The third-order valence-electron chi connectivity index (χ3n) is 5.12. The van der Waals surface area contributed by atoms with Gasteiger partial charge in [0.2, 0.25) is 0 Å². The average molecular weight is 392 g/mol. The number of ether oxygens (including phenoxy) is 1. The number of hydrogen-bond donors (Lipinski definition) is 0. The Morgan fingerprint density at radius 2 is 1.82 bits per heavy atom. The van der Waals surface area contributed by atoms with Crippen LogP contribution in [0.15, 0.2) is 36.4 Å². The molecule has 1 amide bonds. The van der Waals surface area contributed by atoms with E-state index >= 15 is 0 Å². The van der Waals surface area contributed by atoms with Gasteiger partial charge in [-0.1, -0.05) is 25.0 Å². The summed E-state index contributed by atoms with van der Waals surface area (Å²) in [6, 6.07) is 9.58. The van der Waals surface area contributed by atoms with Crippen molar-refractivity contribution in [3.05, 3.63) is 58.9 Å². The number of likely N-dealkylation sites (tertiary alicyclic amines) is 1. The number of pyridine rings is 1. The van der Waals surface area contributed by atoms with Crippen LogP contribution in [0.25, 0.3) is 0 Å². The molecule has 1 aromatic carbocycles. The van der Waals surface area contributed by atoms with Crippen molar-refractivity contribution in [1.29, 1.82) is 0 Å². The molecule has 0 bridgehead atoms. The maximum absolute atomic E-state index is 13.2. The monoisotopic (exact) mass is 392 g/mol. The van der Waals surface area contributed by atoms with E-state index in [1.807, 2.05) is 24.3 Å². The van der Waals surface area contributed by atoms with Crippen LogP contribution in [0.5, 0.6) is 5.75 Å². The fourth-order valence-corrected chi connectivity index (χ4v) is 3.62. The highest BCUT2D eigenvalue weighted by molar-refractivity contribution is 5.95. The number of aryl methyl sites for hydroxylation is 1. The molecule has 7 heteroatoms. The van der Waals surface area contributed by atoms with Crippen molar-refractivity contribution >= 4 is 5.91 Å². The second kappa shape index (κ2) is 8.20. The van der Waals surface area contributed by atoms with Gasteiger partial charge in [-0.05, 0) is 49.6 Å². The minimum atomic E-state index is -4.53. The molecule has 2 heterocycles. The molecule has 4 nitrogen and oxygen atoms in total. The maximum atomic E-state index is 13.2. The molecule has 2 aromatic rings. The number of amides is 1. The summed E-state index contributed by atoms with van der Waals surface area (Å²) in [4.78, 5) is 18.6. The topological polar surface area (TPSA) is 42.4 Å². The van der Waals surface area contributed by atoms with Gasteiger partial charge in [-0.2, -0.15) is 13.2 Å². The van der Waals surface area contributed by atoms with Gasteiger partial charge in [-0.3, -0.25) is 4.79 Å². The van der Waals surface area contributed by atoms with Gasteiger partial charge < -0.3 is 9.64 Å². The van der Waals surface area contributed by atoms with Crippen molar-refractivity contribution in [2.24, 2.45) is 0 Å². The zero-order chi connectivity index (χ0) is 20.3. The second-order valence-corrected chi connectivity index (χ2v) is 6.96. The Kier molecular flexibility index (Phi) is 5.91. The predicted octanol–water partition coefficient (Wildman–Crippen LogP) is 5.17. The van der Waals surface area contributed by atoms with Crippen LogP contribution in [0, 0.1) is 6.92 Å². The number of benzene rings is 1. The molecule has 0 aliphatic carbocycles. The molecular weight excluding hydrogens is 369 g/mol. The summed E-state index contributed by atoms with van der Waals surface area (Å²) in [6.07, 6.45) is -0.845. The molecule has 1 aromatic heterocycles. The number of methoxy groups -OCH3 is 1.